The first-order valence-corrected chi connectivity index (χ1v) is 4.88. The number of amides is 2. The number of rotatable bonds is 0. The summed E-state index contributed by atoms with van der Waals surface area (Å²) in [6, 6.07) is 0. The summed E-state index contributed by atoms with van der Waals surface area (Å²) in [5, 5.41) is -1.28. The van der Waals surface area contributed by atoms with Gasteiger partial charge in [-0.15, -0.1) is 0 Å². The summed E-state index contributed by atoms with van der Waals surface area (Å²) in [6.07, 6.45) is 6.39. The van der Waals surface area contributed by atoms with E-state index in [2.05, 4.69) is 49.7 Å². The molecule has 0 aliphatic heterocycles. The maximum absolute atomic E-state index is 9.09. The number of thiol groups is 2. The predicted molar refractivity (Wildman–Crippen MR) is 64.7 cm³/mol. The average Bonchev–Trinajstić information content (AvgIpc) is 2.36. The molecule has 0 heterocycles. The second kappa shape index (κ2) is 10.5. The van der Waals surface area contributed by atoms with Crippen LogP contribution in [0.3, 0.4) is 0 Å². The lowest BCUT2D eigenvalue weighted by Crippen LogP contribution is -1.95. The van der Waals surface area contributed by atoms with Crippen LogP contribution in [0.4, 0.5) is 9.59 Å². The van der Waals surface area contributed by atoms with Gasteiger partial charge in [0.1, 0.15) is 0 Å². The molecular formula is C8H16N2O2S2. The van der Waals surface area contributed by atoms with Crippen molar-refractivity contribution in [2.24, 2.45) is 11.5 Å². The first-order chi connectivity index (χ1) is 6.36. The molecule has 0 bridgehead atoms. The van der Waals surface area contributed by atoms with E-state index in [1.807, 2.05) is 0 Å². The minimum atomic E-state index is -0.639. The Morgan fingerprint density at radius 3 is 1.71 bits per heavy atom. The summed E-state index contributed by atoms with van der Waals surface area (Å²) in [7, 11) is 0. The number of carbonyl (C=O) groups is 2. The van der Waals surface area contributed by atoms with Crippen LogP contribution >= 0.6 is 25.3 Å². The largest absolute Gasteiger partial charge is 0.361 e. The molecule has 1 aliphatic carbocycles. The Kier molecular flexibility index (Phi) is 11.8. The predicted octanol–water partition coefficient (Wildman–Crippen LogP) is 2.11. The molecule has 0 saturated carbocycles. The Morgan fingerprint density at radius 2 is 1.64 bits per heavy atom. The van der Waals surface area contributed by atoms with Crippen LogP contribution < -0.4 is 11.5 Å². The van der Waals surface area contributed by atoms with Crippen LogP contribution in [-0.4, -0.2) is 10.5 Å². The van der Waals surface area contributed by atoms with Gasteiger partial charge in [0.15, 0.2) is 0 Å². The van der Waals surface area contributed by atoms with Crippen molar-refractivity contribution in [3.05, 3.63) is 11.6 Å². The summed E-state index contributed by atoms with van der Waals surface area (Å²) in [5.41, 5.74) is 10.3. The highest BCUT2D eigenvalue weighted by Gasteiger charge is 1.94. The van der Waals surface area contributed by atoms with Crippen LogP contribution in [0.2, 0.25) is 0 Å². The molecule has 0 radical (unpaired) electrons. The van der Waals surface area contributed by atoms with E-state index >= 15 is 0 Å². The molecule has 1 aliphatic rings. The monoisotopic (exact) mass is 236 g/mol. The standard InChI is InChI=1S/C6H10.2CH3NOS/c1-6-4-2-3-5-6;2*2-1(3)4/h4H,2-3,5H2,1H3;2*(H3,2,3,4). The van der Waals surface area contributed by atoms with Crippen molar-refractivity contribution < 1.29 is 9.59 Å². The number of hydrogen-bond donors (Lipinski definition) is 4. The Balaban J connectivity index is 0. The van der Waals surface area contributed by atoms with Gasteiger partial charge in [-0.2, -0.15) is 0 Å². The number of allylic oxidation sites excluding steroid dienone is 2. The van der Waals surface area contributed by atoms with Crippen molar-refractivity contribution in [2.75, 3.05) is 0 Å². The van der Waals surface area contributed by atoms with Crippen LogP contribution in [0.15, 0.2) is 11.6 Å². The highest BCUT2D eigenvalue weighted by Crippen LogP contribution is 2.15. The minimum absolute atomic E-state index is 0.639. The molecular weight excluding hydrogens is 220 g/mol. The van der Waals surface area contributed by atoms with Crippen LogP contribution in [0.5, 0.6) is 0 Å². The topological polar surface area (TPSA) is 86.2 Å². The SMILES string of the molecule is CC1=CCCC1.NC(=O)S.NC(=O)S. The third kappa shape index (κ3) is 30.1. The van der Waals surface area contributed by atoms with Gasteiger partial charge in [-0.1, -0.05) is 36.9 Å². The molecule has 0 aromatic heterocycles. The van der Waals surface area contributed by atoms with E-state index in [-0.39, 0.29) is 0 Å². The molecule has 0 aromatic rings. The Bertz CT molecular complexity index is 197. The van der Waals surface area contributed by atoms with Crippen molar-refractivity contribution in [1.29, 1.82) is 0 Å². The lowest BCUT2D eigenvalue weighted by atomic mass is 10.3. The van der Waals surface area contributed by atoms with Gasteiger partial charge in [0.25, 0.3) is 10.5 Å². The first-order valence-electron chi connectivity index (χ1n) is 3.98. The molecule has 6 heteroatoms. The van der Waals surface area contributed by atoms with E-state index in [0.717, 1.165) is 0 Å². The fraction of sp³-hybridized carbons (Fsp3) is 0.500. The Labute approximate surface area is 94.9 Å². The second-order valence-corrected chi connectivity index (χ2v) is 3.50. The number of nitrogens with two attached hydrogens (primary N) is 2. The third-order valence-electron chi connectivity index (χ3n) is 1.27. The van der Waals surface area contributed by atoms with E-state index in [9.17, 15) is 0 Å². The van der Waals surface area contributed by atoms with Crippen molar-refractivity contribution in [2.45, 2.75) is 26.2 Å². The highest BCUT2D eigenvalue weighted by molar-refractivity contribution is 7.96. The van der Waals surface area contributed by atoms with Crippen LogP contribution in [0.25, 0.3) is 0 Å². The van der Waals surface area contributed by atoms with Crippen molar-refractivity contribution in [3.63, 3.8) is 0 Å². The molecule has 0 aromatic carbocycles. The average molecular weight is 236 g/mol. The van der Waals surface area contributed by atoms with Gasteiger partial charge >= 0.3 is 0 Å². The molecule has 0 saturated heterocycles. The first kappa shape index (κ1) is 15.8. The van der Waals surface area contributed by atoms with Gasteiger partial charge in [0.05, 0.1) is 0 Å². The van der Waals surface area contributed by atoms with Crippen molar-refractivity contribution in [1.82, 2.24) is 0 Å². The van der Waals surface area contributed by atoms with Gasteiger partial charge in [-0.3, -0.25) is 9.59 Å². The number of hydrogen-bond acceptors (Lipinski definition) is 2. The molecule has 0 spiro atoms. The fourth-order valence-electron chi connectivity index (χ4n) is 0.831. The number of carbonyl (C=O) groups excluding carboxylic acids is 2. The minimum Gasteiger partial charge on any atom is -0.361 e. The van der Waals surface area contributed by atoms with Crippen molar-refractivity contribution in [3.8, 4) is 0 Å². The zero-order chi connectivity index (χ0) is 11.6. The van der Waals surface area contributed by atoms with E-state index in [0.29, 0.717) is 0 Å². The zero-order valence-electron chi connectivity index (χ0n) is 8.06. The maximum Gasteiger partial charge on any atom is 0.273 e. The van der Waals surface area contributed by atoms with Gasteiger partial charge in [-0.05, 0) is 26.2 Å². The molecule has 0 atom stereocenters. The molecule has 1 rings (SSSR count). The van der Waals surface area contributed by atoms with Gasteiger partial charge in [0, 0.05) is 0 Å². The van der Waals surface area contributed by atoms with E-state index in [1.54, 1.807) is 5.57 Å². The smallest absolute Gasteiger partial charge is 0.273 e. The molecule has 0 unspecified atom stereocenters. The Morgan fingerprint density at radius 1 is 1.29 bits per heavy atom. The summed E-state index contributed by atoms with van der Waals surface area (Å²) < 4.78 is 0. The maximum atomic E-state index is 9.09. The van der Waals surface area contributed by atoms with Crippen LogP contribution in [0.1, 0.15) is 26.2 Å². The molecule has 14 heavy (non-hydrogen) atoms. The fourth-order valence-corrected chi connectivity index (χ4v) is 0.831. The van der Waals surface area contributed by atoms with Crippen LogP contribution in [-0.2, 0) is 0 Å². The van der Waals surface area contributed by atoms with E-state index in [4.69, 9.17) is 9.59 Å². The second-order valence-electron chi connectivity index (χ2n) is 2.62. The summed E-state index contributed by atoms with van der Waals surface area (Å²) in [4.78, 5) is 18.2. The summed E-state index contributed by atoms with van der Waals surface area (Å²) in [6.45, 7) is 2.20. The highest BCUT2D eigenvalue weighted by atomic mass is 32.1. The molecule has 2 amide bonds. The third-order valence-corrected chi connectivity index (χ3v) is 1.27. The molecule has 0 fully saturated rings. The number of primary amides is 2. The zero-order valence-corrected chi connectivity index (χ0v) is 9.85. The lowest BCUT2D eigenvalue weighted by molar-refractivity contribution is 0.266. The van der Waals surface area contributed by atoms with Gasteiger partial charge in [0.2, 0.25) is 0 Å². The van der Waals surface area contributed by atoms with Crippen LogP contribution in [0, 0.1) is 0 Å². The summed E-state index contributed by atoms with van der Waals surface area (Å²) in [5.74, 6) is 0. The normalized spacial score (nSPS) is 12.6. The van der Waals surface area contributed by atoms with Crippen molar-refractivity contribution >= 4 is 35.7 Å². The van der Waals surface area contributed by atoms with E-state index < -0.39 is 10.5 Å². The van der Waals surface area contributed by atoms with Gasteiger partial charge < -0.3 is 11.5 Å². The molecule has 4 N–H and O–H groups in total. The quantitative estimate of drug-likeness (QED) is 0.383. The van der Waals surface area contributed by atoms with Gasteiger partial charge in [-0.25, -0.2) is 0 Å². The lowest BCUT2D eigenvalue weighted by Gasteiger charge is -1.79. The summed E-state index contributed by atoms with van der Waals surface area (Å²) >= 11 is 6.21. The Hall–Kier alpha value is -0.620. The van der Waals surface area contributed by atoms with E-state index in [1.165, 1.54) is 19.3 Å². The molecule has 82 valence electrons. The molecule has 4 nitrogen and oxygen atoms in total.